The Balaban J connectivity index is 1.98. The molecule has 0 aromatic carbocycles. The minimum Gasteiger partial charge on any atom is -0.316 e. The number of rotatable bonds is 4. The van der Waals surface area contributed by atoms with Gasteiger partial charge in [0.2, 0.25) is 0 Å². The number of hydrogen-bond acceptors (Lipinski definition) is 3. The van der Waals surface area contributed by atoms with Gasteiger partial charge in [0.1, 0.15) is 12.2 Å². The third kappa shape index (κ3) is 2.37. The van der Waals surface area contributed by atoms with E-state index in [1.165, 1.54) is 25.7 Å². The highest BCUT2D eigenvalue weighted by Crippen LogP contribution is 2.28. The van der Waals surface area contributed by atoms with Gasteiger partial charge >= 0.3 is 0 Å². The van der Waals surface area contributed by atoms with Crippen molar-refractivity contribution < 1.29 is 0 Å². The second kappa shape index (κ2) is 4.75. The normalized spacial score (nSPS) is 19.6. The standard InChI is InChI=1S/C11H20N4/c1-12-10(9-5-3-4-6-9)7-11-13-8-14-15(11)2/h8-10,12H,3-7H2,1-2H3. The summed E-state index contributed by atoms with van der Waals surface area (Å²) in [5.41, 5.74) is 0. The Bertz CT molecular complexity index is 301. The molecule has 0 amide bonds. The Morgan fingerprint density at radius 1 is 1.53 bits per heavy atom. The maximum Gasteiger partial charge on any atom is 0.138 e. The molecular formula is C11H20N4. The van der Waals surface area contributed by atoms with Crippen LogP contribution in [0.3, 0.4) is 0 Å². The van der Waals surface area contributed by atoms with E-state index in [-0.39, 0.29) is 0 Å². The summed E-state index contributed by atoms with van der Waals surface area (Å²) in [6.07, 6.45) is 8.14. The van der Waals surface area contributed by atoms with Gasteiger partial charge in [-0.2, -0.15) is 5.10 Å². The molecule has 0 spiro atoms. The Labute approximate surface area is 91.1 Å². The molecule has 0 saturated heterocycles. The molecular weight excluding hydrogens is 188 g/mol. The van der Waals surface area contributed by atoms with E-state index in [0.717, 1.165) is 18.2 Å². The van der Waals surface area contributed by atoms with Crippen molar-refractivity contribution in [3.05, 3.63) is 12.2 Å². The van der Waals surface area contributed by atoms with Crippen LogP contribution in [0.4, 0.5) is 0 Å². The zero-order valence-corrected chi connectivity index (χ0v) is 9.61. The van der Waals surface area contributed by atoms with Gasteiger partial charge in [-0.05, 0) is 25.8 Å². The van der Waals surface area contributed by atoms with Crippen LogP contribution < -0.4 is 5.32 Å². The van der Waals surface area contributed by atoms with Crippen LogP contribution in [0.15, 0.2) is 6.33 Å². The molecule has 2 rings (SSSR count). The van der Waals surface area contributed by atoms with Crippen molar-refractivity contribution in [2.24, 2.45) is 13.0 Å². The SMILES string of the molecule is CNC(Cc1ncnn1C)C1CCCC1. The Morgan fingerprint density at radius 3 is 2.80 bits per heavy atom. The highest BCUT2D eigenvalue weighted by atomic mass is 15.3. The first-order chi connectivity index (χ1) is 7.31. The van der Waals surface area contributed by atoms with Crippen molar-refractivity contribution in [2.75, 3.05) is 7.05 Å². The van der Waals surface area contributed by atoms with Crippen LogP contribution in [0.1, 0.15) is 31.5 Å². The quantitative estimate of drug-likeness (QED) is 0.806. The monoisotopic (exact) mass is 208 g/mol. The zero-order chi connectivity index (χ0) is 10.7. The summed E-state index contributed by atoms with van der Waals surface area (Å²) in [6, 6.07) is 0.565. The average molecular weight is 208 g/mol. The molecule has 15 heavy (non-hydrogen) atoms. The smallest absolute Gasteiger partial charge is 0.138 e. The van der Waals surface area contributed by atoms with Gasteiger partial charge in [0.25, 0.3) is 0 Å². The van der Waals surface area contributed by atoms with Crippen LogP contribution in [0.25, 0.3) is 0 Å². The summed E-state index contributed by atoms with van der Waals surface area (Å²) in [5.74, 6) is 1.91. The molecule has 0 radical (unpaired) electrons. The largest absolute Gasteiger partial charge is 0.316 e. The highest BCUT2D eigenvalue weighted by Gasteiger charge is 2.24. The highest BCUT2D eigenvalue weighted by molar-refractivity contribution is 4.92. The molecule has 4 nitrogen and oxygen atoms in total. The van der Waals surface area contributed by atoms with Crippen molar-refractivity contribution in [1.82, 2.24) is 20.1 Å². The molecule has 1 unspecified atom stereocenters. The summed E-state index contributed by atoms with van der Waals surface area (Å²) in [5, 5.41) is 7.54. The summed E-state index contributed by atoms with van der Waals surface area (Å²) in [4.78, 5) is 4.29. The van der Waals surface area contributed by atoms with E-state index in [0.29, 0.717) is 6.04 Å². The molecule has 84 valence electrons. The summed E-state index contributed by atoms with van der Waals surface area (Å²) >= 11 is 0. The van der Waals surface area contributed by atoms with Crippen molar-refractivity contribution in [2.45, 2.75) is 38.1 Å². The molecule has 1 aromatic rings. The summed E-state index contributed by atoms with van der Waals surface area (Å²) in [6.45, 7) is 0. The lowest BCUT2D eigenvalue weighted by atomic mass is 9.95. The number of nitrogens with one attached hydrogen (secondary N) is 1. The van der Waals surface area contributed by atoms with Crippen molar-refractivity contribution >= 4 is 0 Å². The lowest BCUT2D eigenvalue weighted by Gasteiger charge is -2.22. The van der Waals surface area contributed by atoms with Crippen LogP contribution in [-0.4, -0.2) is 27.9 Å². The van der Waals surface area contributed by atoms with Gasteiger partial charge in [-0.1, -0.05) is 12.8 Å². The van der Waals surface area contributed by atoms with Crippen LogP contribution in [-0.2, 0) is 13.5 Å². The molecule has 0 bridgehead atoms. The molecule has 1 aliphatic carbocycles. The van der Waals surface area contributed by atoms with Crippen LogP contribution in [0, 0.1) is 5.92 Å². The van der Waals surface area contributed by atoms with Gasteiger partial charge in [-0.25, -0.2) is 4.98 Å². The van der Waals surface area contributed by atoms with Crippen LogP contribution in [0.2, 0.25) is 0 Å². The molecule has 1 N–H and O–H groups in total. The number of aromatic nitrogens is 3. The summed E-state index contributed by atoms with van der Waals surface area (Å²) in [7, 11) is 4.02. The predicted octanol–water partition coefficient (Wildman–Crippen LogP) is 1.14. The molecule has 1 atom stereocenters. The van der Waals surface area contributed by atoms with Gasteiger partial charge in [0.05, 0.1) is 0 Å². The Morgan fingerprint density at radius 2 is 2.27 bits per heavy atom. The number of likely N-dealkylation sites (N-methyl/N-ethyl adjacent to an activating group) is 1. The fourth-order valence-electron chi connectivity index (χ4n) is 2.57. The molecule has 1 saturated carbocycles. The second-order valence-corrected chi connectivity index (χ2v) is 4.44. The minimum atomic E-state index is 0.565. The second-order valence-electron chi connectivity index (χ2n) is 4.44. The molecule has 1 fully saturated rings. The van der Waals surface area contributed by atoms with Crippen molar-refractivity contribution in [3.8, 4) is 0 Å². The van der Waals surface area contributed by atoms with Crippen molar-refractivity contribution in [1.29, 1.82) is 0 Å². The summed E-state index contributed by atoms with van der Waals surface area (Å²) < 4.78 is 1.87. The maximum atomic E-state index is 4.29. The van der Waals surface area contributed by atoms with E-state index in [1.54, 1.807) is 6.33 Å². The third-order valence-electron chi connectivity index (χ3n) is 3.55. The lowest BCUT2D eigenvalue weighted by molar-refractivity contribution is 0.368. The van der Waals surface area contributed by atoms with E-state index in [9.17, 15) is 0 Å². The van der Waals surface area contributed by atoms with E-state index in [4.69, 9.17) is 0 Å². The first-order valence-electron chi connectivity index (χ1n) is 5.81. The molecule has 0 aliphatic heterocycles. The minimum absolute atomic E-state index is 0.565. The predicted molar refractivity (Wildman–Crippen MR) is 59.5 cm³/mol. The number of hydrogen-bond donors (Lipinski definition) is 1. The lowest BCUT2D eigenvalue weighted by Crippen LogP contribution is -2.35. The molecule has 1 aliphatic rings. The van der Waals surface area contributed by atoms with E-state index < -0.39 is 0 Å². The maximum absolute atomic E-state index is 4.29. The van der Waals surface area contributed by atoms with E-state index >= 15 is 0 Å². The number of aryl methyl sites for hydroxylation is 1. The topological polar surface area (TPSA) is 42.7 Å². The first kappa shape index (κ1) is 10.6. The van der Waals surface area contributed by atoms with Gasteiger partial charge in [-0.3, -0.25) is 4.68 Å². The van der Waals surface area contributed by atoms with Crippen LogP contribution >= 0.6 is 0 Å². The third-order valence-corrected chi connectivity index (χ3v) is 3.55. The molecule has 4 heteroatoms. The number of nitrogens with zero attached hydrogens (tertiary/aromatic N) is 3. The van der Waals surface area contributed by atoms with E-state index in [2.05, 4.69) is 22.4 Å². The van der Waals surface area contributed by atoms with Gasteiger partial charge in [-0.15, -0.1) is 0 Å². The van der Waals surface area contributed by atoms with Gasteiger partial charge in [0.15, 0.2) is 0 Å². The Hall–Kier alpha value is -0.900. The van der Waals surface area contributed by atoms with Crippen molar-refractivity contribution in [3.63, 3.8) is 0 Å². The van der Waals surface area contributed by atoms with Crippen LogP contribution in [0.5, 0.6) is 0 Å². The zero-order valence-electron chi connectivity index (χ0n) is 9.61. The van der Waals surface area contributed by atoms with E-state index in [1.807, 2.05) is 11.7 Å². The fourth-order valence-corrected chi connectivity index (χ4v) is 2.57. The molecule has 1 aromatic heterocycles. The molecule has 1 heterocycles. The fraction of sp³-hybridized carbons (Fsp3) is 0.818. The average Bonchev–Trinajstić information content (AvgIpc) is 2.86. The Kier molecular flexibility index (Phi) is 3.36. The first-order valence-corrected chi connectivity index (χ1v) is 5.81. The van der Waals surface area contributed by atoms with Gasteiger partial charge in [0, 0.05) is 19.5 Å². The van der Waals surface area contributed by atoms with Gasteiger partial charge < -0.3 is 5.32 Å².